The van der Waals surface area contributed by atoms with Crippen LogP contribution in [0.15, 0.2) is 0 Å². The van der Waals surface area contributed by atoms with Gasteiger partial charge in [-0.25, -0.2) is 0 Å². The highest BCUT2D eigenvalue weighted by atomic mass is 16.5. The Morgan fingerprint density at radius 2 is 2.25 bits per heavy atom. The molecule has 1 heterocycles. The molecule has 94 valence electrons. The lowest BCUT2D eigenvalue weighted by Crippen LogP contribution is -2.41. The lowest BCUT2D eigenvalue weighted by Gasteiger charge is -2.27. The molecule has 1 saturated carbocycles. The lowest BCUT2D eigenvalue weighted by atomic mass is 10.2. The van der Waals surface area contributed by atoms with Crippen molar-refractivity contribution in [2.24, 2.45) is 0 Å². The van der Waals surface area contributed by atoms with Crippen molar-refractivity contribution in [3.8, 4) is 0 Å². The predicted octanol–water partition coefficient (Wildman–Crippen LogP) is 0.476. The van der Waals surface area contributed by atoms with Gasteiger partial charge in [0, 0.05) is 39.3 Å². The van der Waals surface area contributed by atoms with E-state index in [0.29, 0.717) is 6.10 Å². The topological polar surface area (TPSA) is 33.7 Å². The molecule has 1 aliphatic heterocycles. The summed E-state index contributed by atoms with van der Waals surface area (Å²) < 4.78 is 10.9. The number of morpholine rings is 1. The highest BCUT2D eigenvalue weighted by Crippen LogP contribution is 2.26. The van der Waals surface area contributed by atoms with Crippen molar-refractivity contribution in [1.29, 1.82) is 0 Å². The third-order valence-electron chi connectivity index (χ3n) is 3.39. The molecule has 1 atom stereocenters. The average molecular weight is 228 g/mol. The summed E-state index contributed by atoms with van der Waals surface area (Å²) in [5.41, 5.74) is 0. The fraction of sp³-hybridized carbons (Fsp3) is 1.00. The van der Waals surface area contributed by atoms with Gasteiger partial charge in [0.25, 0.3) is 0 Å². The molecule has 2 aliphatic rings. The van der Waals surface area contributed by atoms with Gasteiger partial charge in [0.2, 0.25) is 0 Å². The van der Waals surface area contributed by atoms with Gasteiger partial charge >= 0.3 is 0 Å². The molecular weight excluding hydrogens is 204 g/mol. The van der Waals surface area contributed by atoms with E-state index in [9.17, 15) is 0 Å². The third kappa shape index (κ3) is 4.01. The summed E-state index contributed by atoms with van der Waals surface area (Å²) in [6.45, 7) is 5.96. The molecule has 2 rings (SSSR count). The van der Waals surface area contributed by atoms with Crippen molar-refractivity contribution >= 4 is 0 Å². The summed E-state index contributed by atoms with van der Waals surface area (Å²) in [5.74, 6) is 0. The smallest absolute Gasteiger partial charge is 0.0712 e. The van der Waals surface area contributed by atoms with Gasteiger partial charge in [0.15, 0.2) is 0 Å². The van der Waals surface area contributed by atoms with Crippen LogP contribution in [0.4, 0.5) is 0 Å². The van der Waals surface area contributed by atoms with Crippen LogP contribution in [-0.4, -0.2) is 63.5 Å². The molecule has 1 aliphatic carbocycles. The minimum absolute atomic E-state index is 0.414. The largest absolute Gasteiger partial charge is 0.383 e. The number of ether oxygens (including phenoxy) is 2. The molecule has 0 radical (unpaired) electrons. The molecule has 4 nitrogen and oxygen atoms in total. The van der Waals surface area contributed by atoms with Crippen LogP contribution in [0.3, 0.4) is 0 Å². The highest BCUT2D eigenvalue weighted by molar-refractivity contribution is 4.85. The summed E-state index contributed by atoms with van der Waals surface area (Å²) in [5, 5.41) is 3.38. The maximum absolute atomic E-state index is 5.71. The molecule has 4 heteroatoms. The number of hydrogen-bond acceptors (Lipinski definition) is 4. The van der Waals surface area contributed by atoms with Gasteiger partial charge < -0.3 is 14.8 Å². The van der Waals surface area contributed by atoms with Crippen LogP contribution in [0.25, 0.3) is 0 Å². The molecular formula is C12H24N2O2. The van der Waals surface area contributed by atoms with E-state index >= 15 is 0 Å². The Hall–Kier alpha value is -0.160. The van der Waals surface area contributed by atoms with Gasteiger partial charge in [0.1, 0.15) is 0 Å². The van der Waals surface area contributed by atoms with Gasteiger partial charge in [-0.15, -0.1) is 0 Å². The molecule has 0 aromatic carbocycles. The van der Waals surface area contributed by atoms with Gasteiger partial charge in [-0.3, -0.25) is 4.90 Å². The lowest BCUT2D eigenvalue weighted by molar-refractivity contribution is 0.0153. The minimum atomic E-state index is 0.414. The molecule has 2 fully saturated rings. The first-order valence-electron chi connectivity index (χ1n) is 6.45. The molecule has 0 aromatic heterocycles. The van der Waals surface area contributed by atoms with E-state index in [2.05, 4.69) is 10.2 Å². The van der Waals surface area contributed by atoms with Crippen molar-refractivity contribution in [1.82, 2.24) is 10.2 Å². The Balaban J connectivity index is 1.64. The molecule has 0 bridgehead atoms. The molecule has 0 spiro atoms. The number of rotatable bonds is 7. The molecule has 1 saturated heterocycles. The van der Waals surface area contributed by atoms with Crippen LogP contribution in [0.2, 0.25) is 0 Å². The van der Waals surface area contributed by atoms with Crippen molar-refractivity contribution in [3.05, 3.63) is 0 Å². The van der Waals surface area contributed by atoms with Gasteiger partial charge in [-0.1, -0.05) is 0 Å². The van der Waals surface area contributed by atoms with Crippen molar-refractivity contribution < 1.29 is 9.47 Å². The minimum Gasteiger partial charge on any atom is -0.383 e. The van der Waals surface area contributed by atoms with E-state index in [-0.39, 0.29) is 0 Å². The Bertz CT molecular complexity index is 191. The van der Waals surface area contributed by atoms with E-state index in [1.807, 2.05) is 0 Å². The maximum Gasteiger partial charge on any atom is 0.0712 e. The Morgan fingerprint density at radius 1 is 1.38 bits per heavy atom. The number of nitrogens with one attached hydrogen (secondary N) is 1. The quantitative estimate of drug-likeness (QED) is 0.687. The standard InChI is InChI=1S/C12H24N2O2/c1-15-9-7-14(11-2-3-11)6-4-12-10-13-5-8-16-12/h11-13H,2-10H2,1H3. The molecule has 0 aromatic rings. The van der Waals surface area contributed by atoms with E-state index in [4.69, 9.17) is 9.47 Å². The second kappa shape index (κ2) is 6.55. The summed E-state index contributed by atoms with van der Waals surface area (Å²) in [6.07, 6.45) is 4.30. The van der Waals surface area contributed by atoms with E-state index in [0.717, 1.165) is 51.9 Å². The maximum atomic E-state index is 5.71. The van der Waals surface area contributed by atoms with E-state index in [1.54, 1.807) is 7.11 Å². The zero-order valence-electron chi connectivity index (χ0n) is 10.3. The highest BCUT2D eigenvalue weighted by Gasteiger charge is 2.29. The Kier molecular flexibility index (Phi) is 5.03. The predicted molar refractivity (Wildman–Crippen MR) is 63.7 cm³/mol. The van der Waals surface area contributed by atoms with Crippen LogP contribution < -0.4 is 5.32 Å². The van der Waals surface area contributed by atoms with Crippen LogP contribution in [0, 0.1) is 0 Å². The van der Waals surface area contributed by atoms with E-state index in [1.165, 1.54) is 12.8 Å². The van der Waals surface area contributed by atoms with Crippen molar-refractivity contribution in [2.45, 2.75) is 31.4 Å². The second-order valence-corrected chi connectivity index (χ2v) is 4.75. The second-order valence-electron chi connectivity index (χ2n) is 4.75. The van der Waals surface area contributed by atoms with Crippen LogP contribution in [0.5, 0.6) is 0 Å². The monoisotopic (exact) mass is 228 g/mol. The molecule has 1 N–H and O–H groups in total. The first-order chi connectivity index (χ1) is 7.90. The Labute approximate surface area is 98.3 Å². The third-order valence-corrected chi connectivity index (χ3v) is 3.39. The van der Waals surface area contributed by atoms with Gasteiger partial charge in [-0.05, 0) is 19.3 Å². The van der Waals surface area contributed by atoms with Crippen molar-refractivity contribution in [2.75, 3.05) is 46.5 Å². The van der Waals surface area contributed by atoms with Gasteiger partial charge in [0.05, 0.1) is 19.3 Å². The van der Waals surface area contributed by atoms with Crippen LogP contribution in [0.1, 0.15) is 19.3 Å². The first-order valence-corrected chi connectivity index (χ1v) is 6.45. The number of methoxy groups -OCH3 is 1. The summed E-state index contributed by atoms with van der Waals surface area (Å²) >= 11 is 0. The SMILES string of the molecule is COCCN(CCC1CNCCO1)C1CC1. The molecule has 16 heavy (non-hydrogen) atoms. The van der Waals surface area contributed by atoms with Crippen LogP contribution in [-0.2, 0) is 9.47 Å². The van der Waals surface area contributed by atoms with E-state index < -0.39 is 0 Å². The zero-order chi connectivity index (χ0) is 11.2. The molecule has 0 amide bonds. The fourth-order valence-electron chi connectivity index (χ4n) is 2.24. The van der Waals surface area contributed by atoms with Crippen LogP contribution >= 0.6 is 0 Å². The summed E-state index contributed by atoms with van der Waals surface area (Å²) in [6, 6.07) is 0.826. The normalized spacial score (nSPS) is 26.2. The fourth-order valence-corrected chi connectivity index (χ4v) is 2.24. The Morgan fingerprint density at radius 3 is 2.88 bits per heavy atom. The van der Waals surface area contributed by atoms with Gasteiger partial charge in [-0.2, -0.15) is 0 Å². The molecule has 1 unspecified atom stereocenters. The average Bonchev–Trinajstić information content (AvgIpc) is 3.15. The number of nitrogens with zero attached hydrogens (tertiary/aromatic N) is 1. The zero-order valence-corrected chi connectivity index (χ0v) is 10.3. The summed E-state index contributed by atoms with van der Waals surface area (Å²) in [4.78, 5) is 2.56. The summed E-state index contributed by atoms with van der Waals surface area (Å²) in [7, 11) is 1.78. The first kappa shape index (κ1) is 12.3. The van der Waals surface area contributed by atoms with Crippen molar-refractivity contribution in [3.63, 3.8) is 0 Å². The number of hydrogen-bond donors (Lipinski definition) is 1.